The molecule has 1 unspecified atom stereocenters. The highest BCUT2D eigenvalue weighted by molar-refractivity contribution is 6.29. The molecule has 1 fully saturated rings. The number of aromatic nitrogens is 3. The molecule has 1 atom stereocenters. The summed E-state index contributed by atoms with van der Waals surface area (Å²) >= 11 is 6.23. The van der Waals surface area contributed by atoms with Gasteiger partial charge in [0.2, 0.25) is 0 Å². The van der Waals surface area contributed by atoms with Crippen molar-refractivity contribution < 1.29 is 4.74 Å². The molecular formula is C18H19ClN4O. The second-order valence-electron chi connectivity index (χ2n) is 6.04. The van der Waals surface area contributed by atoms with Crippen molar-refractivity contribution in [3.63, 3.8) is 0 Å². The Labute approximate surface area is 145 Å². The third kappa shape index (κ3) is 3.23. The molecule has 4 heterocycles. The number of nitrogens with one attached hydrogen (secondary N) is 2. The van der Waals surface area contributed by atoms with Crippen LogP contribution in [-0.2, 0) is 4.74 Å². The Morgan fingerprint density at radius 2 is 2.29 bits per heavy atom. The van der Waals surface area contributed by atoms with Gasteiger partial charge in [0.1, 0.15) is 16.6 Å². The Hall–Kier alpha value is -2.11. The normalized spacial score (nSPS) is 18.0. The number of H-pyrrole nitrogens is 1. The van der Waals surface area contributed by atoms with E-state index in [1.807, 2.05) is 30.5 Å². The summed E-state index contributed by atoms with van der Waals surface area (Å²) < 4.78 is 5.75. The number of nitrogens with zero attached hydrogens (tertiary/aromatic N) is 2. The Bertz CT molecular complexity index is 842. The quantitative estimate of drug-likeness (QED) is 0.695. The third-order valence-corrected chi connectivity index (χ3v) is 4.53. The van der Waals surface area contributed by atoms with E-state index in [9.17, 15) is 0 Å². The molecular weight excluding hydrogens is 324 g/mol. The number of fused-ring (bicyclic) bond motifs is 1. The molecule has 3 aromatic rings. The van der Waals surface area contributed by atoms with E-state index in [0.717, 1.165) is 54.0 Å². The standard InChI is InChI=1S/C18H19ClN4O/c19-16-8-12(15-11-22-18-14(15)5-3-6-20-18)9-17(23-16)21-10-13-4-1-2-7-24-13/h3,5-6,8-9,11,13H,1-2,4,7,10H2,(H,20,22)(H,21,23). The molecule has 0 spiro atoms. The number of hydrogen-bond acceptors (Lipinski definition) is 4. The molecule has 0 saturated carbocycles. The van der Waals surface area contributed by atoms with Gasteiger partial charge in [-0.15, -0.1) is 0 Å². The van der Waals surface area contributed by atoms with Crippen LogP contribution < -0.4 is 5.32 Å². The highest BCUT2D eigenvalue weighted by atomic mass is 35.5. The van der Waals surface area contributed by atoms with Crippen LogP contribution in [0, 0.1) is 0 Å². The van der Waals surface area contributed by atoms with E-state index in [1.54, 1.807) is 6.20 Å². The van der Waals surface area contributed by atoms with Crippen LogP contribution in [0.15, 0.2) is 36.7 Å². The Balaban J connectivity index is 1.59. The third-order valence-electron chi connectivity index (χ3n) is 4.34. The molecule has 1 aliphatic heterocycles. The van der Waals surface area contributed by atoms with Crippen LogP contribution in [0.25, 0.3) is 22.2 Å². The van der Waals surface area contributed by atoms with E-state index in [0.29, 0.717) is 5.15 Å². The van der Waals surface area contributed by atoms with Crippen molar-refractivity contribution in [3.05, 3.63) is 41.8 Å². The zero-order chi connectivity index (χ0) is 16.4. The molecule has 2 N–H and O–H groups in total. The summed E-state index contributed by atoms with van der Waals surface area (Å²) in [5.41, 5.74) is 2.95. The lowest BCUT2D eigenvalue weighted by Crippen LogP contribution is -2.27. The molecule has 4 rings (SSSR count). The first-order chi connectivity index (χ1) is 11.8. The lowest BCUT2D eigenvalue weighted by Gasteiger charge is -2.23. The molecule has 0 radical (unpaired) electrons. The highest BCUT2D eigenvalue weighted by Crippen LogP contribution is 2.30. The van der Waals surface area contributed by atoms with Gasteiger partial charge < -0.3 is 15.0 Å². The minimum absolute atomic E-state index is 0.250. The minimum Gasteiger partial charge on any atom is -0.376 e. The fraction of sp³-hybridized carbons (Fsp3) is 0.333. The Morgan fingerprint density at radius 3 is 3.17 bits per heavy atom. The Morgan fingerprint density at radius 1 is 1.33 bits per heavy atom. The first-order valence-electron chi connectivity index (χ1n) is 8.25. The molecule has 1 aliphatic rings. The topological polar surface area (TPSA) is 62.8 Å². The number of hydrogen-bond donors (Lipinski definition) is 2. The van der Waals surface area contributed by atoms with Gasteiger partial charge in [0.05, 0.1) is 6.10 Å². The second kappa shape index (κ2) is 6.79. The predicted octanol–water partition coefficient (Wildman–Crippen LogP) is 4.26. The van der Waals surface area contributed by atoms with Crippen LogP contribution in [0.4, 0.5) is 5.82 Å². The van der Waals surface area contributed by atoms with Crippen LogP contribution in [0.3, 0.4) is 0 Å². The lowest BCUT2D eigenvalue weighted by molar-refractivity contribution is 0.0247. The first kappa shape index (κ1) is 15.4. The van der Waals surface area contributed by atoms with Crippen molar-refractivity contribution >= 4 is 28.5 Å². The van der Waals surface area contributed by atoms with Crippen molar-refractivity contribution in [2.75, 3.05) is 18.5 Å². The van der Waals surface area contributed by atoms with Gasteiger partial charge in [-0.05, 0) is 49.1 Å². The van der Waals surface area contributed by atoms with Crippen LogP contribution >= 0.6 is 11.6 Å². The molecule has 0 amide bonds. The number of halogens is 1. The summed E-state index contributed by atoms with van der Waals surface area (Å²) in [6.07, 6.45) is 7.46. The number of anilines is 1. The van der Waals surface area contributed by atoms with E-state index in [4.69, 9.17) is 16.3 Å². The second-order valence-corrected chi connectivity index (χ2v) is 6.42. The fourth-order valence-electron chi connectivity index (χ4n) is 3.12. The van der Waals surface area contributed by atoms with Crippen LogP contribution in [0.5, 0.6) is 0 Å². The van der Waals surface area contributed by atoms with Gasteiger partial charge in [-0.1, -0.05) is 11.6 Å². The maximum Gasteiger partial charge on any atom is 0.137 e. The molecule has 24 heavy (non-hydrogen) atoms. The van der Waals surface area contributed by atoms with Gasteiger partial charge in [0.15, 0.2) is 0 Å². The van der Waals surface area contributed by atoms with Gasteiger partial charge in [0, 0.05) is 36.5 Å². The van der Waals surface area contributed by atoms with Crippen molar-refractivity contribution in [1.82, 2.24) is 15.0 Å². The molecule has 0 bridgehead atoms. The zero-order valence-corrected chi connectivity index (χ0v) is 14.0. The molecule has 5 nitrogen and oxygen atoms in total. The number of ether oxygens (including phenoxy) is 1. The van der Waals surface area contributed by atoms with Gasteiger partial charge in [-0.3, -0.25) is 0 Å². The first-order valence-corrected chi connectivity index (χ1v) is 8.63. The molecule has 0 aromatic carbocycles. The van der Waals surface area contributed by atoms with Gasteiger partial charge >= 0.3 is 0 Å². The summed E-state index contributed by atoms with van der Waals surface area (Å²) in [7, 11) is 0. The molecule has 6 heteroatoms. The van der Waals surface area contributed by atoms with Gasteiger partial charge in [0.25, 0.3) is 0 Å². The van der Waals surface area contributed by atoms with Crippen molar-refractivity contribution in [2.45, 2.75) is 25.4 Å². The molecule has 124 valence electrons. The van der Waals surface area contributed by atoms with E-state index in [2.05, 4.69) is 20.3 Å². The van der Waals surface area contributed by atoms with Crippen molar-refractivity contribution in [3.8, 4) is 11.1 Å². The summed E-state index contributed by atoms with van der Waals surface area (Å²) in [6.45, 7) is 1.60. The van der Waals surface area contributed by atoms with Crippen LogP contribution in [0.1, 0.15) is 19.3 Å². The Kier molecular flexibility index (Phi) is 4.36. The molecule has 0 aliphatic carbocycles. The molecule has 1 saturated heterocycles. The fourth-order valence-corrected chi connectivity index (χ4v) is 3.33. The summed E-state index contributed by atoms with van der Waals surface area (Å²) in [4.78, 5) is 11.9. The zero-order valence-electron chi connectivity index (χ0n) is 13.3. The summed E-state index contributed by atoms with van der Waals surface area (Å²) in [6, 6.07) is 7.87. The maximum absolute atomic E-state index is 6.23. The number of rotatable bonds is 4. The van der Waals surface area contributed by atoms with Crippen LogP contribution in [0.2, 0.25) is 5.15 Å². The smallest absolute Gasteiger partial charge is 0.137 e. The van der Waals surface area contributed by atoms with E-state index < -0.39 is 0 Å². The maximum atomic E-state index is 6.23. The highest BCUT2D eigenvalue weighted by Gasteiger charge is 2.14. The average molecular weight is 343 g/mol. The largest absolute Gasteiger partial charge is 0.376 e. The van der Waals surface area contributed by atoms with Crippen molar-refractivity contribution in [2.24, 2.45) is 0 Å². The van der Waals surface area contributed by atoms with Gasteiger partial charge in [-0.2, -0.15) is 0 Å². The SMILES string of the molecule is Clc1cc(-c2c[nH]c3ncccc23)cc(NCC2CCCCO2)n1. The predicted molar refractivity (Wildman–Crippen MR) is 96.4 cm³/mol. The van der Waals surface area contributed by atoms with E-state index in [1.165, 1.54) is 6.42 Å². The monoisotopic (exact) mass is 342 g/mol. The van der Waals surface area contributed by atoms with Crippen molar-refractivity contribution in [1.29, 1.82) is 0 Å². The number of pyridine rings is 2. The van der Waals surface area contributed by atoms with E-state index >= 15 is 0 Å². The lowest BCUT2D eigenvalue weighted by atomic mass is 10.1. The number of aromatic amines is 1. The van der Waals surface area contributed by atoms with Crippen LogP contribution in [-0.4, -0.2) is 34.2 Å². The minimum atomic E-state index is 0.250. The van der Waals surface area contributed by atoms with Gasteiger partial charge in [-0.25, -0.2) is 9.97 Å². The summed E-state index contributed by atoms with van der Waals surface area (Å²) in [5.74, 6) is 0.768. The summed E-state index contributed by atoms with van der Waals surface area (Å²) in [5, 5.41) is 4.90. The molecule has 3 aromatic heterocycles. The average Bonchev–Trinajstić information content (AvgIpc) is 3.05. The van der Waals surface area contributed by atoms with E-state index in [-0.39, 0.29) is 6.10 Å².